The number of aromatic nitrogens is 1. The first-order chi connectivity index (χ1) is 8.91. The standard InChI is InChI=1S/C11H14N4O4/c1-6-2-3-13-11(9(6)10(12)19)15-4-7(16)14-5-8(17)18/h2-3H,4-5H2,1H3,(H2,12,19)(H,13,15)(H,14,16)(H,17,18). The molecule has 0 bridgehead atoms. The predicted molar refractivity (Wildman–Crippen MR) is 66.6 cm³/mol. The first-order valence-electron chi connectivity index (χ1n) is 5.39. The smallest absolute Gasteiger partial charge is 0.322 e. The summed E-state index contributed by atoms with van der Waals surface area (Å²) in [6.45, 7) is 1.02. The second kappa shape index (κ2) is 6.34. The van der Waals surface area contributed by atoms with Crippen LogP contribution in [0.1, 0.15) is 15.9 Å². The molecule has 0 unspecified atom stereocenters. The highest BCUT2D eigenvalue weighted by Gasteiger charge is 2.13. The van der Waals surface area contributed by atoms with Gasteiger partial charge >= 0.3 is 5.97 Å². The van der Waals surface area contributed by atoms with E-state index in [9.17, 15) is 14.4 Å². The molecular formula is C11H14N4O4. The van der Waals surface area contributed by atoms with E-state index in [0.717, 1.165) is 0 Å². The molecule has 1 aromatic heterocycles. The van der Waals surface area contributed by atoms with E-state index in [1.807, 2.05) is 0 Å². The lowest BCUT2D eigenvalue weighted by atomic mass is 10.1. The zero-order chi connectivity index (χ0) is 14.4. The molecule has 0 saturated heterocycles. The Hall–Kier alpha value is -2.64. The molecule has 2 amide bonds. The minimum atomic E-state index is -1.14. The second-order valence-corrected chi connectivity index (χ2v) is 3.74. The molecule has 0 aliphatic carbocycles. The van der Waals surface area contributed by atoms with E-state index in [2.05, 4.69) is 15.6 Å². The Morgan fingerprint density at radius 1 is 1.37 bits per heavy atom. The molecule has 0 fully saturated rings. The van der Waals surface area contributed by atoms with Crippen molar-refractivity contribution in [2.24, 2.45) is 5.73 Å². The average Bonchev–Trinajstić information content (AvgIpc) is 2.33. The molecule has 0 aliphatic heterocycles. The van der Waals surface area contributed by atoms with Crippen LogP contribution in [0.5, 0.6) is 0 Å². The van der Waals surface area contributed by atoms with Crippen LogP contribution in [-0.4, -0.2) is 41.0 Å². The fourth-order valence-corrected chi connectivity index (χ4v) is 1.40. The highest BCUT2D eigenvalue weighted by molar-refractivity contribution is 5.99. The number of aliphatic carboxylic acids is 1. The predicted octanol–water partition coefficient (Wildman–Crippen LogP) is -0.898. The Bertz CT molecular complexity index is 515. The normalized spacial score (nSPS) is 9.74. The quantitative estimate of drug-likeness (QED) is 0.527. The van der Waals surface area contributed by atoms with Crippen molar-refractivity contribution in [1.82, 2.24) is 10.3 Å². The van der Waals surface area contributed by atoms with E-state index in [0.29, 0.717) is 5.56 Å². The van der Waals surface area contributed by atoms with E-state index in [4.69, 9.17) is 10.8 Å². The summed E-state index contributed by atoms with van der Waals surface area (Å²) in [5.41, 5.74) is 6.06. The summed E-state index contributed by atoms with van der Waals surface area (Å²) >= 11 is 0. The number of pyridine rings is 1. The monoisotopic (exact) mass is 266 g/mol. The number of carboxylic acid groups (broad SMARTS) is 1. The molecule has 8 heteroatoms. The van der Waals surface area contributed by atoms with Gasteiger partial charge in [0.15, 0.2) is 0 Å². The van der Waals surface area contributed by atoms with Gasteiger partial charge in [-0.25, -0.2) is 4.98 Å². The van der Waals surface area contributed by atoms with Crippen LogP contribution in [0, 0.1) is 6.92 Å². The first-order valence-corrected chi connectivity index (χ1v) is 5.39. The average molecular weight is 266 g/mol. The van der Waals surface area contributed by atoms with Crippen LogP contribution in [0.2, 0.25) is 0 Å². The SMILES string of the molecule is Cc1ccnc(NCC(=O)NCC(=O)O)c1C(N)=O. The van der Waals surface area contributed by atoms with Gasteiger partial charge in [0.25, 0.3) is 5.91 Å². The zero-order valence-electron chi connectivity index (χ0n) is 10.3. The summed E-state index contributed by atoms with van der Waals surface area (Å²) in [6, 6.07) is 1.62. The molecule has 1 aromatic rings. The lowest BCUT2D eigenvalue weighted by Crippen LogP contribution is -2.34. The molecule has 0 aliphatic rings. The topological polar surface area (TPSA) is 134 Å². The van der Waals surface area contributed by atoms with Crippen LogP contribution in [0.25, 0.3) is 0 Å². The van der Waals surface area contributed by atoms with Crippen LogP contribution in [0.3, 0.4) is 0 Å². The molecule has 1 rings (SSSR count). The Morgan fingerprint density at radius 3 is 2.63 bits per heavy atom. The molecule has 0 spiro atoms. The third kappa shape index (κ3) is 4.26. The van der Waals surface area contributed by atoms with Crippen molar-refractivity contribution in [3.63, 3.8) is 0 Å². The molecule has 8 nitrogen and oxygen atoms in total. The van der Waals surface area contributed by atoms with Crippen molar-refractivity contribution < 1.29 is 19.5 Å². The van der Waals surface area contributed by atoms with Gasteiger partial charge in [-0.15, -0.1) is 0 Å². The van der Waals surface area contributed by atoms with E-state index in [-0.39, 0.29) is 17.9 Å². The summed E-state index contributed by atoms with van der Waals surface area (Å²) in [7, 11) is 0. The van der Waals surface area contributed by atoms with Crippen LogP contribution in [0.15, 0.2) is 12.3 Å². The lowest BCUT2D eigenvalue weighted by Gasteiger charge is -2.10. The highest BCUT2D eigenvalue weighted by atomic mass is 16.4. The number of carbonyl (C=O) groups is 3. The van der Waals surface area contributed by atoms with Gasteiger partial charge in [0.2, 0.25) is 5.91 Å². The number of anilines is 1. The van der Waals surface area contributed by atoms with Crippen LogP contribution in [0.4, 0.5) is 5.82 Å². The van der Waals surface area contributed by atoms with Crippen LogP contribution < -0.4 is 16.4 Å². The number of aryl methyl sites for hydroxylation is 1. The van der Waals surface area contributed by atoms with Gasteiger partial charge in [-0.2, -0.15) is 0 Å². The number of hydrogen-bond acceptors (Lipinski definition) is 5. The van der Waals surface area contributed by atoms with Crippen molar-refractivity contribution >= 4 is 23.6 Å². The molecular weight excluding hydrogens is 252 g/mol. The molecule has 0 aromatic carbocycles. The van der Waals surface area contributed by atoms with Crippen molar-refractivity contribution in [2.45, 2.75) is 6.92 Å². The van der Waals surface area contributed by atoms with Crippen LogP contribution >= 0.6 is 0 Å². The Labute approximate surface area is 109 Å². The fraction of sp³-hybridized carbons (Fsp3) is 0.273. The molecule has 1 heterocycles. The van der Waals surface area contributed by atoms with Gasteiger partial charge in [0.05, 0.1) is 12.1 Å². The number of hydrogen-bond donors (Lipinski definition) is 4. The summed E-state index contributed by atoms with van der Waals surface area (Å²) in [4.78, 5) is 36.7. The first kappa shape index (κ1) is 14.4. The van der Waals surface area contributed by atoms with Crippen molar-refractivity contribution in [3.05, 3.63) is 23.4 Å². The van der Waals surface area contributed by atoms with E-state index in [1.54, 1.807) is 13.0 Å². The minimum Gasteiger partial charge on any atom is -0.480 e. The number of nitrogens with zero attached hydrogens (tertiary/aromatic N) is 1. The minimum absolute atomic E-state index is 0.193. The van der Waals surface area contributed by atoms with Crippen molar-refractivity contribution in [1.29, 1.82) is 0 Å². The number of nitrogens with two attached hydrogens (primary N) is 1. The molecule has 19 heavy (non-hydrogen) atoms. The van der Waals surface area contributed by atoms with Gasteiger partial charge in [0, 0.05) is 6.20 Å². The van der Waals surface area contributed by atoms with Crippen molar-refractivity contribution in [2.75, 3.05) is 18.4 Å². The van der Waals surface area contributed by atoms with Crippen LogP contribution in [-0.2, 0) is 9.59 Å². The van der Waals surface area contributed by atoms with Gasteiger partial charge in [-0.05, 0) is 18.6 Å². The number of carbonyl (C=O) groups excluding carboxylic acids is 2. The fourth-order valence-electron chi connectivity index (χ4n) is 1.40. The van der Waals surface area contributed by atoms with Gasteiger partial charge < -0.3 is 21.5 Å². The maximum Gasteiger partial charge on any atom is 0.322 e. The largest absolute Gasteiger partial charge is 0.480 e. The van der Waals surface area contributed by atoms with E-state index >= 15 is 0 Å². The summed E-state index contributed by atoms with van der Waals surface area (Å²) in [5, 5.41) is 13.2. The third-order valence-electron chi connectivity index (χ3n) is 2.26. The van der Waals surface area contributed by atoms with Gasteiger partial charge in [-0.1, -0.05) is 0 Å². The number of primary amides is 1. The van der Waals surface area contributed by atoms with Gasteiger partial charge in [-0.3, -0.25) is 14.4 Å². The third-order valence-corrected chi connectivity index (χ3v) is 2.26. The molecule has 0 saturated carbocycles. The Morgan fingerprint density at radius 2 is 2.05 bits per heavy atom. The Kier molecular flexibility index (Phi) is 4.81. The number of amides is 2. The maximum atomic E-state index is 11.3. The molecule has 5 N–H and O–H groups in total. The maximum absolute atomic E-state index is 11.3. The zero-order valence-corrected chi connectivity index (χ0v) is 10.3. The molecule has 0 radical (unpaired) electrons. The van der Waals surface area contributed by atoms with Crippen molar-refractivity contribution in [3.8, 4) is 0 Å². The summed E-state index contributed by atoms with van der Waals surface area (Å²) in [5.74, 6) is -2.13. The Balaban J connectivity index is 2.68. The molecule has 0 atom stereocenters. The number of carboxylic acids is 1. The molecule has 102 valence electrons. The summed E-state index contributed by atoms with van der Waals surface area (Å²) < 4.78 is 0. The van der Waals surface area contributed by atoms with Gasteiger partial charge in [0.1, 0.15) is 12.4 Å². The lowest BCUT2D eigenvalue weighted by molar-refractivity contribution is -0.137. The second-order valence-electron chi connectivity index (χ2n) is 3.74. The highest BCUT2D eigenvalue weighted by Crippen LogP contribution is 2.15. The van der Waals surface area contributed by atoms with E-state index < -0.39 is 24.3 Å². The number of rotatable bonds is 6. The van der Waals surface area contributed by atoms with E-state index in [1.165, 1.54) is 6.20 Å². The summed E-state index contributed by atoms with van der Waals surface area (Å²) in [6.07, 6.45) is 1.47. The number of nitrogens with one attached hydrogen (secondary N) is 2.